The standard InChI is InChI=1S/C17H19BrO2/c18-17(13-19-11-15-7-3-1-4-8-15)14-20-12-16-9-5-2-6-10-16/h1-10,17H,11-14H2. The van der Waals surface area contributed by atoms with Crippen molar-refractivity contribution in [2.24, 2.45) is 0 Å². The van der Waals surface area contributed by atoms with E-state index >= 15 is 0 Å². The maximum atomic E-state index is 5.66. The van der Waals surface area contributed by atoms with Crippen LogP contribution in [0.3, 0.4) is 0 Å². The van der Waals surface area contributed by atoms with E-state index in [9.17, 15) is 0 Å². The average Bonchev–Trinajstić information content (AvgIpc) is 2.49. The Morgan fingerprint density at radius 2 is 1.10 bits per heavy atom. The molecular weight excluding hydrogens is 316 g/mol. The Morgan fingerprint density at radius 1 is 0.700 bits per heavy atom. The smallest absolute Gasteiger partial charge is 0.0717 e. The second kappa shape index (κ2) is 8.90. The molecule has 3 heteroatoms. The van der Waals surface area contributed by atoms with Gasteiger partial charge in [-0.1, -0.05) is 76.6 Å². The first kappa shape index (κ1) is 15.2. The molecule has 2 rings (SSSR count). The number of hydrogen-bond donors (Lipinski definition) is 0. The molecule has 0 aliphatic heterocycles. The van der Waals surface area contributed by atoms with E-state index in [1.807, 2.05) is 36.4 Å². The molecule has 0 saturated heterocycles. The summed E-state index contributed by atoms with van der Waals surface area (Å²) in [7, 11) is 0. The molecule has 0 unspecified atom stereocenters. The van der Waals surface area contributed by atoms with Gasteiger partial charge in [-0.15, -0.1) is 0 Å². The van der Waals surface area contributed by atoms with Crippen LogP contribution in [-0.4, -0.2) is 18.0 Å². The molecule has 20 heavy (non-hydrogen) atoms. The summed E-state index contributed by atoms with van der Waals surface area (Å²) in [5, 5.41) is 0. The fourth-order valence-electron chi connectivity index (χ4n) is 1.81. The summed E-state index contributed by atoms with van der Waals surface area (Å²) in [6.45, 7) is 2.57. The lowest BCUT2D eigenvalue weighted by Gasteiger charge is -2.11. The van der Waals surface area contributed by atoms with E-state index in [0.717, 1.165) is 0 Å². The first-order chi connectivity index (χ1) is 9.84. The summed E-state index contributed by atoms with van der Waals surface area (Å²) in [6.07, 6.45) is 0. The third-order valence-corrected chi connectivity index (χ3v) is 3.35. The minimum absolute atomic E-state index is 0.218. The van der Waals surface area contributed by atoms with E-state index in [1.54, 1.807) is 0 Å². The zero-order chi connectivity index (χ0) is 14.0. The summed E-state index contributed by atoms with van der Waals surface area (Å²) in [6, 6.07) is 20.4. The molecule has 0 saturated carbocycles. The number of rotatable bonds is 8. The van der Waals surface area contributed by atoms with E-state index in [1.165, 1.54) is 11.1 Å². The van der Waals surface area contributed by atoms with Gasteiger partial charge in [0.15, 0.2) is 0 Å². The van der Waals surface area contributed by atoms with Gasteiger partial charge in [-0.2, -0.15) is 0 Å². The number of alkyl halides is 1. The minimum Gasteiger partial charge on any atom is -0.376 e. The lowest BCUT2D eigenvalue weighted by Crippen LogP contribution is -2.15. The molecule has 0 aliphatic carbocycles. The molecule has 0 amide bonds. The first-order valence-electron chi connectivity index (χ1n) is 6.72. The Balaban J connectivity index is 1.58. The predicted molar refractivity (Wildman–Crippen MR) is 84.9 cm³/mol. The lowest BCUT2D eigenvalue weighted by molar-refractivity contribution is 0.0760. The van der Waals surface area contributed by atoms with Crippen molar-refractivity contribution >= 4 is 15.9 Å². The van der Waals surface area contributed by atoms with Crippen molar-refractivity contribution < 1.29 is 9.47 Å². The summed E-state index contributed by atoms with van der Waals surface area (Å²) in [5.74, 6) is 0. The summed E-state index contributed by atoms with van der Waals surface area (Å²) < 4.78 is 11.3. The molecule has 0 bridgehead atoms. The van der Waals surface area contributed by atoms with Gasteiger partial charge in [0.2, 0.25) is 0 Å². The zero-order valence-corrected chi connectivity index (χ0v) is 13.0. The van der Waals surface area contributed by atoms with Gasteiger partial charge in [0.05, 0.1) is 31.3 Å². The highest BCUT2D eigenvalue weighted by atomic mass is 79.9. The fraction of sp³-hybridized carbons (Fsp3) is 0.294. The van der Waals surface area contributed by atoms with Gasteiger partial charge in [-0.25, -0.2) is 0 Å². The van der Waals surface area contributed by atoms with Crippen molar-refractivity contribution in [1.82, 2.24) is 0 Å². The SMILES string of the molecule is BrC(COCc1ccccc1)COCc1ccccc1. The Bertz CT molecular complexity index is 427. The molecule has 0 spiro atoms. The molecule has 0 atom stereocenters. The molecular formula is C17H19BrO2. The van der Waals surface area contributed by atoms with Gasteiger partial charge < -0.3 is 9.47 Å². The molecule has 0 heterocycles. The predicted octanol–water partition coefficient (Wildman–Crippen LogP) is 4.18. The normalized spacial score (nSPS) is 10.9. The molecule has 0 radical (unpaired) electrons. The second-order valence-corrected chi connectivity index (χ2v) is 5.89. The van der Waals surface area contributed by atoms with Crippen molar-refractivity contribution in [3.8, 4) is 0 Å². The molecule has 2 aromatic carbocycles. The van der Waals surface area contributed by atoms with Crippen molar-refractivity contribution in [2.45, 2.75) is 18.0 Å². The lowest BCUT2D eigenvalue weighted by atomic mass is 10.2. The van der Waals surface area contributed by atoms with Gasteiger partial charge in [0.25, 0.3) is 0 Å². The van der Waals surface area contributed by atoms with Crippen LogP contribution < -0.4 is 0 Å². The third-order valence-electron chi connectivity index (χ3n) is 2.82. The van der Waals surface area contributed by atoms with E-state index < -0.39 is 0 Å². The molecule has 0 N–H and O–H groups in total. The molecule has 0 aromatic heterocycles. The number of hydrogen-bond acceptors (Lipinski definition) is 2. The molecule has 0 fully saturated rings. The minimum atomic E-state index is 0.218. The van der Waals surface area contributed by atoms with Gasteiger partial charge in [-0.05, 0) is 11.1 Å². The monoisotopic (exact) mass is 334 g/mol. The Morgan fingerprint density at radius 3 is 1.50 bits per heavy atom. The Kier molecular flexibility index (Phi) is 6.78. The Labute approximate surface area is 128 Å². The van der Waals surface area contributed by atoms with Crippen molar-refractivity contribution in [3.05, 3.63) is 71.8 Å². The van der Waals surface area contributed by atoms with Gasteiger partial charge >= 0.3 is 0 Å². The van der Waals surface area contributed by atoms with Crippen molar-refractivity contribution in [2.75, 3.05) is 13.2 Å². The molecule has 2 aromatic rings. The van der Waals surface area contributed by atoms with E-state index in [-0.39, 0.29) is 4.83 Å². The average molecular weight is 335 g/mol. The maximum absolute atomic E-state index is 5.66. The topological polar surface area (TPSA) is 18.5 Å². The van der Waals surface area contributed by atoms with Crippen molar-refractivity contribution in [3.63, 3.8) is 0 Å². The van der Waals surface area contributed by atoms with Crippen LogP contribution in [0.2, 0.25) is 0 Å². The van der Waals surface area contributed by atoms with Gasteiger partial charge in [0.1, 0.15) is 0 Å². The van der Waals surface area contributed by atoms with Crippen LogP contribution in [0.4, 0.5) is 0 Å². The van der Waals surface area contributed by atoms with Crippen LogP contribution >= 0.6 is 15.9 Å². The summed E-state index contributed by atoms with van der Waals surface area (Å²) in [4.78, 5) is 0.218. The maximum Gasteiger partial charge on any atom is 0.0717 e. The van der Waals surface area contributed by atoms with Gasteiger partial charge in [0, 0.05) is 0 Å². The molecule has 106 valence electrons. The van der Waals surface area contributed by atoms with E-state index in [0.29, 0.717) is 26.4 Å². The number of halogens is 1. The van der Waals surface area contributed by atoms with E-state index in [4.69, 9.17) is 9.47 Å². The van der Waals surface area contributed by atoms with Crippen molar-refractivity contribution in [1.29, 1.82) is 0 Å². The van der Waals surface area contributed by atoms with Crippen LogP contribution in [0, 0.1) is 0 Å². The quantitative estimate of drug-likeness (QED) is 0.674. The van der Waals surface area contributed by atoms with Crippen LogP contribution in [-0.2, 0) is 22.7 Å². The fourth-order valence-corrected chi connectivity index (χ4v) is 2.18. The Hall–Kier alpha value is -1.16. The van der Waals surface area contributed by atoms with Crippen LogP contribution in [0.1, 0.15) is 11.1 Å². The second-order valence-electron chi connectivity index (χ2n) is 4.60. The highest BCUT2D eigenvalue weighted by Crippen LogP contribution is 2.07. The first-order valence-corrected chi connectivity index (χ1v) is 7.63. The molecule has 0 aliphatic rings. The number of ether oxygens (including phenoxy) is 2. The largest absolute Gasteiger partial charge is 0.376 e. The third kappa shape index (κ3) is 5.87. The number of benzene rings is 2. The summed E-state index contributed by atoms with van der Waals surface area (Å²) in [5.41, 5.74) is 2.38. The van der Waals surface area contributed by atoms with Crippen LogP contribution in [0.5, 0.6) is 0 Å². The summed E-state index contributed by atoms with van der Waals surface area (Å²) >= 11 is 3.57. The highest BCUT2D eigenvalue weighted by Gasteiger charge is 2.05. The highest BCUT2D eigenvalue weighted by molar-refractivity contribution is 9.09. The van der Waals surface area contributed by atoms with Crippen LogP contribution in [0.25, 0.3) is 0 Å². The zero-order valence-electron chi connectivity index (χ0n) is 11.4. The van der Waals surface area contributed by atoms with Crippen LogP contribution in [0.15, 0.2) is 60.7 Å². The van der Waals surface area contributed by atoms with E-state index in [2.05, 4.69) is 40.2 Å². The molecule has 2 nitrogen and oxygen atoms in total. The van der Waals surface area contributed by atoms with Gasteiger partial charge in [-0.3, -0.25) is 0 Å².